The van der Waals surface area contributed by atoms with Crippen molar-refractivity contribution < 1.29 is 13.6 Å². The Kier molecular flexibility index (Phi) is 4.30. The smallest absolute Gasteiger partial charge is 0.234 e. The first-order valence-corrected chi connectivity index (χ1v) is 9.42. The van der Waals surface area contributed by atoms with Gasteiger partial charge in [0, 0.05) is 11.6 Å². The number of hydrogen-bond acceptors (Lipinski definition) is 2. The van der Waals surface area contributed by atoms with Crippen molar-refractivity contribution in [3.05, 3.63) is 35.4 Å². The number of nitrogens with one attached hydrogen (secondary N) is 2. The van der Waals surface area contributed by atoms with Crippen molar-refractivity contribution in [2.75, 3.05) is 6.54 Å². The summed E-state index contributed by atoms with van der Waals surface area (Å²) in [5.74, 6) is 0.679. The summed E-state index contributed by atoms with van der Waals surface area (Å²) in [6.45, 7) is 2.05. The van der Waals surface area contributed by atoms with Crippen LogP contribution in [0.1, 0.15) is 57.1 Å². The molecule has 4 aliphatic carbocycles. The van der Waals surface area contributed by atoms with Crippen molar-refractivity contribution >= 4 is 5.91 Å². The molecule has 0 aromatic heterocycles. The molecule has 1 aromatic carbocycles. The first-order valence-electron chi connectivity index (χ1n) is 9.42. The van der Waals surface area contributed by atoms with Crippen molar-refractivity contribution in [1.29, 1.82) is 0 Å². The van der Waals surface area contributed by atoms with Crippen LogP contribution in [0.3, 0.4) is 0 Å². The minimum absolute atomic E-state index is 0.0105. The average molecular weight is 348 g/mol. The summed E-state index contributed by atoms with van der Waals surface area (Å²) in [5.41, 5.74) is 0.653. The number of carbonyl (C=O) groups excluding carboxylic acids is 1. The Morgan fingerprint density at radius 3 is 2.28 bits per heavy atom. The summed E-state index contributed by atoms with van der Waals surface area (Å²) in [7, 11) is 0. The minimum atomic E-state index is -0.857. The lowest BCUT2D eigenvalue weighted by molar-refractivity contribution is -0.126. The van der Waals surface area contributed by atoms with E-state index in [1.807, 2.05) is 6.92 Å². The maximum atomic E-state index is 13.3. The first-order chi connectivity index (χ1) is 11.9. The SMILES string of the molecule is C[C@@H](NCC(=O)NC12CC3CC(CC(C3)C1)C2)c1ccc(F)c(F)c1. The maximum absolute atomic E-state index is 13.3. The summed E-state index contributed by atoms with van der Waals surface area (Å²) >= 11 is 0. The van der Waals surface area contributed by atoms with E-state index in [2.05, 4.69) is 10.6 Å². The van der Waals surface area contributed by atoms with Crippen LogP contribution in [-0.2, 0) is 4.79 Å². The molecule has 1 amide bonds. The molecule has 0 spiro atoms. The lowest BCUT2D eigenvalue weighted by Crippen LogP contribution is -2.60. The molecule has 4 aliphatic rings. The molecule has 5 heteroatoms. The highest BCUT2D eigenvalue weighted by molar-refractivity contribution is 5.79. The second kappa shape index (κ2) is 6.35. The van der Waals surface area contributed by atoms with E-state index in [4.69, 9.17) is 0 Å². The van der Waals surface area contributed by atoms with E-state index < -0.39 is 11.6 Å². The number of hydrogen-bond donors (Lipinski definition) is 2. The van der Waals surface area contributed by atoms with Gasteiger partial charge in [-0.3, -0.25) is 4.79 Å². The number of rotatable bonds is 5. The van der Waals surface area contributed by atoms with Crippen LogP contribution in [0.5, 0.6) is 0 Å². The highest BCUT2D eigenvalue weighted by Gasteiger charge is 2.51. The molecule has 2 N–H and O–H groups in total. The van der Waals surface area contributed by atoms with E-state index in [0.29, 0.717) is 5.56 Å². The lowest BCUT2D eigenvalue weighted by atomic mass is 9.53. The maximum Gasteiger partial charge on any atom is 0.234 e. The fourth-order valence-corrected chi connectivity index (χ4v) is 5.75. The molecule has 0 unspecified atom stereocenters. The number of carbonyl (C=O) groups is 1. The lowest BCUT2D eigenvalue weighted by Gasteiger charge is -2.56. The summed E-state index contributed by atoms with van der Waals surface area (Å²) in [6.07, 6.45) is 7.43. The van der Waals surface area contributed by atoms with Gasteiger partial charge in [0.15, 0.2) is 11.6 Å². The van der Waals surface area contributed by atoms with Crippen molar-refractivity contribution in [3.63, 3.8) is 0 Å². The molecule has 0 aliphatic heterocycles. The first kappa shape index (κ1) is 17.0. The second-order valence-electron chi connectivity index (χ2n) is 8.52. The van der Waals surface area contributed by atoms with Crippen molar-refractivity contribution in [2.24, 2.45) is 17.8 Å². The van der Waals surface area contributed by atoms with Crippen LogP contribution in [0.2, 0.25) is 0 Å². The van der Waals surface area contributed by atoms with Gasteiger partial charge in [0.2, 0.25) is 5.91 Å². The number of halogens is 2. The van der Waals surface area contributed by atoms with E-state index in [-0.39, 0.29) is 24.0 Å². The fourth-order valence-electron chi connectivity index (χ4n) is 5.75. The Morgan fingerprint density at radius 1 is 1.12 bits per heavy atom. The molecule has 1 atom stereocenters. The van der Waals surface area contributed by atoms with Gasteiger partial charge >= 0.3 is 0 Å². The zero-order valence-corrected chi connectivity index (χ0v) is 14.7. The Bertz CT molecular complexity index is 640. The topological polar surface area (TPSA) is 41.1 Å². The third-order valence-electron chi connectivity index (χ3n) is 6.46. The highest BCUT2D eigenvalue weighted by atomic mass is 19.2. The predicted molar refractivity (Wildman–Crippen MR) is 91.8 cm³/mol. The number of amides is 1. The van der Waals surface area contributed by atoms with Gasteiger partial charge in [0.25, 0.3) is 0 Å². The van der Waals surface area contributed by atoms with Gasteiger partial charge in [0.1, 0.15) is 0 Å². The van der Waals surface area contributed by atoms with Gasteiger partial charge < -0.3 is 10.6 Å². The molecule has 0 saturated heterocycles. The van der Waals surface area contributed by atoms with E-state index in [0.717, 1.165) is 43.1 Å². The van der Waals surface area contributed by atoms with Crippen LogP contribution < -0.4 is 10.6 Å². The molecule has 25 heavy (non-hydrogen) atoms. The van der Waals surface area contributed by atoms with Crippen LogP contribution in [-0.4, -0.2) is 18.0 Å². The largest absolute Gasteiger partial charge is 0.350 e. The summed E-state index contributed by atoms with van der Waals surface area (Å²) < 4.78 is 26.4. The monoisotopic (exact) mass is 348 g/mol. The average Bonchev–Trinajstić information content (AvgIpc) is 2.53. The van der Waals surface area contributed by atoms with Gasteiger partial charge in [-0.15, -0.1) is 0 Å². The van der Waals surface area contributed by atoms with Crippen LogP contribution in [0, 0.1) is 29.4 Å². The standard InChI is InChI=1S/C20H26F2N2O/c1-12(16-2-3-17(21)18(22)7-16)23-11-19(25)24-20-8-13-4-14(9-20)6-15(5-13)10-20/h2-3,7,12-15,23H,4-6,8-11H2,1H3,(H,24,25)/t12-,13?,14?,15?,20?/m1/s1. The van der Waals surface area contributed by atoms with Gasteiger partial charge in [-0.1, -0.05) is 6.07 Å². The van der Waals surface area contributed by atoms with Crippen molar-refractivity contribution in [3.8, 4) is 0 Å². The van der Waals surface area contributed by atoms with E-state index >= 15 is 0 Å². The number of benzene rings is 1. The third-order valence-corrected chi connectivity index (χ3v) is 6.46. The van der Waals surface area contributed by atoms with Crippen LogP contribution in [0.25, 0.3) is 0 Å². The third kappa shape index (κ3) is 3.43. The van der Waals surface area contributed by atoms with Gasteiger partial charge in [-0.2, -0.15) is 0 Å². The molecular weight excluding hydrogens is 322 g/mol. The Hall–Kier alpha value is -1.49. The molecule has 1 aromatic rings. The molecule has 3 nitrogen and oxygen atoms in total. The Morgan fingerprint density at radius 2 is 1.72 bits per heavy atom. The molecule has 0 radical (unpaired) electrons. The molecular formula is C20H26F2N2O. The van der Waals surface area contributed by atoms with Crippen molar-refractivity contribution in [1.82, 2.24) is 10.6 Å². The van der Waals surface area contributed by atoms with Crippen LogP contribution in [0.4, 0.5) is 8.78 Å². The van der Waals surface area contributed by atoms with E-state index in [9.17, 15) is 13.6 Å². The molecule has 136 valence electrons. The molecule has 4 bridgehead atoms. The van der Waals surface area contributed by atoms with Crippen LogP contribution >= 0.6 is 0 Å². The fraction of sp³-hybridized carbons (Fsp3) is 0.650. The normalized spacial score (nSPS) is 34.1. The van der Waals surface area contributed by atoms with Gasteiger partial charge in [-0.25, -0.2) is 8.78 Å². The van der Waals surface area contributed by atoms with E-state index in [1.165, 1.54) is 25.3 Å². The second-order valence-corrected chi connectivity index (χ2v) is 8.52. The van der Waals surface area contributed by atoms with Gasteiger partial charge in [-0.05, 0) is 80.9 Å². The summed E-state index contributed by atoms with van der Waals surface area (Å²) in [6, 6.07) is 3.65. The minimum Gasteiger partial charge on any atom is -0.350 e. The van der Waals surface area contributed by atoms with Crippen LogP contribution in [0.15, 0.2) is 18.2 Å². The van der Waals surface area contributed by atoms with E-state index in [1.54, 1.807) is 6.07 Å². The quantitative estimate of drug-likeness (QED) is 0.852. The molecule has 4 saturated carbocycles. The zero-order valence-electron chi connectivity index (χ0n) is 14.7. The molecule has 5 rings (SSSR count). The summed E-state index contributed by atoms with van der Waals surface area (Å²) in [5, 5.41) is 6.44. The Balaban J connectivity index is 1.32. The van der Waals surface area contributed by atoms with Gasteiger partial charge in [0.05, 0.1) is 6.54 Å². The summed E-state index contributed by atoms with van der Waals surface area (Å²) in [4.78, 5) is 12.5. The molecule has 0 heterocycles. The van der Waals surface area contributed by atoms with Crippen molar-refractivity contribution in [2.45, 2.75) is 57.0 Å². The zero-order chi connectivity index (χ0) is 17.6. The highest BCUT2D eigenvalue weighted by Crippen LogP contribution is 2.55. The predicted octanol–water partition coefficient (Wildman–Crippen LogP) is 3.70. The Labute approximate surface area is 147 Å². The molecule has 4 fully saturated rings.